The third-order valence-electron chi connectivity index (χ3n) is 3.30. The van der Waals surface area contributed by atoms with Crippen LogP contribution in [0.25, 0.3) is 0 Å². The summed E-state index contributed by atoms with van der Waals surface area (Å²) in [6.07, 6.45) is 4.45. The van der Waals surface area contributed by atoms with Gasteiger partial charge in [0.05, 0.1) is 0 Å². The second-order valence-corrected chi connectivity index (χ2v) is 5.02. The van der Waals surface area contributed by atoms with Crippen LogP contribution >= 0.6 is 0 Å². The van der Waals surface area contributed by atoms with Gasteiger partial charge in [0.15, 0.2) is 0 Å². The maximum atomic E-state index is 11.5. The van der Waals surface area contributed by atoms with E-state index in [4.69, 9.17) is 0 Å². The van der Waals surface area contributed by atoms with Crippen LogP contribution in [0.4, 0.5) is 4.79 Å². The highest BCUT2D eigenvalue weighted by Crippen LogP contribution is 2.26. The SMILES string of the molecule is CCCCNC(=O)NCC1(C)CCNCC1. The summed E-state index contributed by atoms with van der Waals surface area (Å²) in [5.41, 5.74) is 0.271. The highest BCUT2D eigenvalue weighted by atomic mass is 16.2. The third kappa shape index (κ3) is 4.84. The number of amides is 2. The van der Waals surface area contributed by atoms with Gasteiger partial charge in [-0.05, 0) is 37.8 Å². The van der Waals surface area contributed by atoms with Gasteiger partial charge in [0.1, 0.15) is 0 Å². The molecule has 0 spiro atoms. The summed E-state index contributed by atoms with van der Waals surface area (Å²) in [5, 5.41) is 9.19. The first-order valence-corrected chi connectivity index (χ1v) is 6.39. The number of unbranched alkanes of at least 4 members (excludes halogenated alkanes) is 1. The van der Waals surface area contributed by atoms with E-state index >= 15 is 0 Å². The molecule has 0 unspecified atom stereocenters. The predicted molar refractivity (Wildman–Crippen MR) is 66.5 cm³/mol. The van der Waals surface area contributed by atoms with E-state index in [1.54, 1.807) is 0 Å². The molecule has 16 heavy (non-hydrogen) atoms. The van der Waals surface area contributed by atoms with Crippen molar-refractivity contribution in [1.82, 2.24) is 16.0 Å². The lowest BCUT2D eigenvalue weighted by atomic mass is 9.81. The lowest BCUT2D eigenvalue weighted by Crippen LogP contribution is -2.45. The molecule has 1 rings (SSSR count). The van der Waals surface area contributed by atoms with Gasteiger partial charge in [0, 0.05) is 13.1 Å². The summed E-state index contributed by atoms with van der Waals surface area (Å²) in [6, 6.07) is -0.0202. The van der Waals surface area contributed by atoms with Gasteiger partial charge in [-0.2, -0.15) is 0 Å². The Hall–Kier alpha value is -0.770. The fourth-order valence-electron chi connectivity index (χ4n) is 1.94. The van der Waals surface area contributed by atoms with Crippen LogP contribution in [-0.4, -0.2) is 32.2 Å². The molecular formula is C12H25N3O. The maximum absolute atomic E-state index is 11.5. The smallest absolute Gasteiger partial charge is 0.314 e. The molecule has 1 heterocycles. The number of carbonyl (C=O) groups is 1. The second kappa shape index (κ2) is 6.74. The first-order chi connectivity index (χ1) is 7.66. The molecule has 1 aliphatic rings. The highest BCUT2D eigenvalue weighted by Gasteiger charge is 2.26. The molecule has 0 saturated carbocycles. The first-order valence-electron chi connectivity index (χ1n) is 6.39. The quantitative estimate of drug-likeness (QED) is 0.623. The van der Waals surface area contributed by atoms with Gasteiger partial charge >= 0.3 is 6.03 Å². The molecule has 0 aromatic rings. The number of nitrogens with one attached hydrogen (secondary N) is 3. The molecule has 0 radical (unpaired) electrons. The Labute approximate surface area is 98.6 Å². The van der Waals surface area contributed by atoms with E-state index in [9.17, 15) is 4.79 Å². The summed E-state index contributed by atoms with van der Waals surface area (Å²) in [7, 11) is 0. The molecule has 1 fully saturated rings. The Balaban J connectivity index is 2.14. The van der Waals surface area contributed by atoms with Crippen molar-refractivity contribution in [3.8, 4) is 0 Å². The predicted octanol–water partition coefficient (Wildman–Crippen LogP) is 1.48. The van der Waals surface area contributed by atoms with Gasteiger partial charge in [0.2, 0.25) is 0 Å². The van der Waals surface area contributed by atoms with E-state index in [0.29, 0.717) is 0 Å². The van der Waals surface area contributed by atoms with E-state index in [1.165, 1.54) is 0 Å². The lowest BCUT2D eigenvalue weighted by Gasteiger charge is -2.34. The van der Waals surface area contributed by atoms with Crippen molar-refractivity contribution in [1.29, 1.82) is 0 Å². The maximum Gasteiger partial charge on any atom is 0.314 e. The monoisotopic (exact) mass is 227 g/mol. The Kier molecular flexibility index (Phi) is 5.60. The summed E-state index contributed by atoms with van der Waals surface area (Å²) >= 11 is 0. The molecular weight excluding hydrogens is 202 g/mol. The van der Waals surface area contributed by atoms with Crippen LogP contribution in [0.15, 0.2) is 0 Å². The van der Waals surface area contributed by atoms with E-state index in [2.05, 4.69) is 29.8 Å². The van der Waals surface area contributed by atoms with Crippen molar-refractivity contribution in [2.24, 2.45) is 5.41 Å². The minimum Gasteiger partial charge on any atom is -0.338 e. The van der Waals surface area contributed by atoms with Gasteiger partial charge < -0.3 is 16.0 Å². The van der Waals surface area contributed by atoms with Crippen LogP contribution in [0, 0.1) is 5.41 Å². The zero-order valence-electron chi connectivity index (χ0n) is 10.6. The number of carbonyl (C=O) groups excluding carboxylic acids is 1. The van der Waals surface area contributed by atoms with Crippen LogP contribution < -0.4 is 16.0 Å². The van der Waals surface area contributed by atoms with E-state index in [1.807, 2.05) is 0 Å². The molecule has 0 aliphatic carbocycles. The number of hydrogen-bond acceptors (Lipinski definition) is 2. The van der Waals surface area contributed by atoms with Crippen LogP contribution in [-0.2, 0) is 0 Å². The number of rotatable bonds is 5. The largest absolute Gasteiger partial charge is 0.338 e. The van der Waals surface area contributed by atoms with Crippen LogP contribution in [0.5, 0.6) is 0 Å². The zero-order valence-corrected chi connectivity index (χ0v) is 10.6. The highest BCUT2D eigenvalue weighted by molar-refractivity contribution is 5.73. The fraction of sp³-hybridized carbons (Fsp3) is 0.917. The number of hydrogen-bond donors (Lipinski definition) is 3. The Morgan fingerprint density at radius 2 is 2.00 bits per heavy atom. The topological polar surface area (TPSA) is 53.2 Å². The van der Waals surface area contributed by atoms with Gasteiger partial charge in [-0.25, -0.2) is 4.79 Å². The minimum absolute atomic E-state index is 0.0202. The lowest BCUT2D eigenvalue weighted by molar-refractivity contribution is 0.207. The van der Waals surface area contributed by atoms with Crippen LogP contribution in [0.1, 0.15) is 39.5 Å². The normalized spacial score (nSPS) is 19.1. The first kappa shape index (κ1) is 13.3. The van der Waals surface area contributed by atoms with Crippen molar-refractivity contribution in [3.05, 3.63) is 0 Å². The molecule has 1 aliphatic heterocycles. The molecule has 0 aromatic heterocycles. The van der Waals surface area contributed by atoms with Gasteiger partial charge in [0.25, 0.3) is 0 Å². The summed E-state index contributed by atoms with van der Waals surface area (Å²) in [6.45, 7) is 8.06. The summed E-state index contributed by atoms with van der Waals surface area (Å²) in [4.78, 5) is 11.5. The van der Waals surface area contributed by atoms with Gasteiger partial charge in [-0.3, -0.25) is 0 Å². The minimum atomic E-state index is -0.0202. The van der Waals surface area contributed by atoms with Crippen molar-refractivity contribution in [3.63, 3.8) is 0 Å². The zero-order chi connectivity index (χ0) is 11.9. The Bertz CT molecular complexity index is 212. The van der Waals surface area contributed by atoms with Crippen LogP contribution in [0.3, 0.4) is 0 Å². The van der Waals surface area contributed by atoms with Crippen molar-refractivity contribution in [2.45, 2.75) is 39.5 Å². The van der Waals surface area contributed by atoms with Gasteiger partial charge in [-0.1, -0.05) is 20.3 Å². The molecule has 0 bridgehead atoms. The molecule has 1 saturated heterocycles. The standard InChI is InChI=1S/C12H25N3O/c1-3-4-7-14-11(16)15-10-12(2)5-8-13-9-6-12/h13H,3-10H2,1-2H3,(H2,14,15,16). The molecule has 4 nitrogen and oxygen atoms in total. The molecule has 94 valence electrons. The summed E-state index contributed by atoms with van der Waals surface area (Å²) < 4.78 is 0. The van der Waals surface area contributed by atoms with Gasteiger partial charge in [-0.15, -0.1) is 0 Å². The Morgan fingerprint density at radius 3 is 2.62 bits per heavy atom. The van der Waals surface area contributed by atoms with Crippen molar-refractivity contribution >= 4 is 6.03 Å². The number of piperidine rings is 1. The third-order valence-corrected chi connectivity index (χ3v) is 3.30. The molecule has 0 aromatic carbocycles. The van der Waals surface area contributed by atoms with Crippen LogP contribution in [0.2, 0.25) is 0 Å². The Morgan fingerprint density at radius 1 is 1.31 bits per heavy atom. The molecule has 4 heteroatoms. The number of urea groups is 1. The average Bonchev–Trinajstić information content (AvgIpc) is 2.28. The fourth-order valence-corrected chi connectivity index (χ4v) is 1.94. The molecule has 2 amide bonds. The van der Waals surface area contributed by atoms with Crippen molar-refractivity contribution < 1.29 is 4.79 Å². The molecule has 3 N–H and O–H groups in total. The summed E-state index contributed by atoms with van der Waals surface area (Å²) in [5.74, 6) is 0. The van der Waals surface area contributed by atoms with E-state index in [0.717, 1.165) is 51.9 Å². The van der Waals surface area contributed by atoms with Crippen molar-refractivity contribution in [2.75, 3.05) is 26.2 Å². The molecule has 0 atom stereocenters. The van der Waals surface area contributed by atoms with E-state index in [-0.39, 0.29) is 11.4 Å². The average molecular weight is 227 g/mol. The van der Waals surface area contributed by atoms with E-state index < -0.39 is 0 Å². The second-order valence-electron chi connectivity index (χ2n) is 5.02.